The first kappa shape index (κ1) is 90.1. The smallest absolute Gasteiger partial charge is 0.462 e. The summed E-state index contributed by atoms with van der Waals surface area (Å²) in [5.74, 6) is 0.897. The monoisotopic (exact) mass is 1350 g/mol. The molecule has 0 aromatic rings. The predicted octanol–water partition coefficient (Wildman–Crippen LogP) is 20.9. The van der Waals surface area contributed by atoms with Gasteiger partial charge < -0.3 is 33.8 Å². The number of carbonyl (C=O) groups excluding carboxylic acids is 4. The third-order valence-electron chi connectivity index (χ3n) is 17.9. The van der Waals surface area contributed by atoms with Crippen LogP contribution < -0.4 is 0 Å². The highest BCUT2D eigenvalue weighted by Crippen LogP contribution is 2.45. The molecule has 92 heavy (non-hydrogen) atoms. The molecule has 0 saturated heterocycles. The maximum Gasteiger partial charge on any atom is 0.472 e. The number of hydrogen-bond donors (Lipinski definition) is 3. The molecular formula is C73H142O17P2. The second-order valence-electron chi connectivity index (χ2n) is 27.5. The van der Waals surface area contributed by atoms with Gasteiger partial charge in [-0.05, 0) is 49.4 Å². The molecule has 0 rings (SSSR count). The van der Waals surface area contributed by atoms with Crippen LogP contribution in [0.1, 0.15) is 364 Å². The molecule has 0 aliphatic heterocycles. The quantitative estimate of drug-likeness (QED) is 0.0222. The number of esters is 4. The second kappa shape index (κ2) is 62.6. The molecule has 0 aromatic heterocycles. The zero-order chi connectivity index (χ0) is 68.2. The van der Waals surface area contributed by atoms with Crippen molar-refractivity contribution in [2.24, 2.45) is 23.7 Å². The van der Waals surface area contributed by atoms with Crippen molar-refractivity contribution in [3.8, 4) is 0 Å². The molecule has 0 aliphatic rings. The van der Waals surface area contributed by atoms with Gasteiger partial charge in [0.15, 0.2) is 12.2 Å². The molecule has 0 radical (unpaired) electrons. The highest BCUT2D eigenvalue weighted by atomic mass is 31.2. The first-order chi connectivity index (χ1) is 44.2. The number of hydrogen-bond acceptors (Lipinski definition) is 15. The third kappa shape index (κ3) is 62.8. The lowest BCUT2D eigenvalue weighted by Gasteiger charge is -2.21. The van der Waals surface area contributed by atoms with Gasteiger partial charge in [0.05, 0.1) is 26.4 Å². The van der Waals surface area contributed by atoms with E-state index in [1.54, 1.807) is 0 Å². The first-order valence-electron chi connectivity index (χ1n) is 37.8. The molecule has 0 aliphatic carbocycles. The van der Waals surface area contributed by atoms with E-state index in [9.17, 15) is 43.2 Å². The van der Waals surface area contributed by atoms with Crippen LogP contribution in [0.2, 0.25) is 0 Å². The summed E-state index contributed by atoms with van der Waals surface area (Å²) in [5, 5.41) is 10.6. The Labute approximate surface area is 562 Å². The Morgan fingerprint density at radius 2 is 0.522 bits per heavy atom. The number of aliphatic hydroxyl groups excluding tert-OH is 1. The molecule has 0 spiro atoms. The minimum absolute atomic E-state index is 0.102. The summed E-state index contributed by atoms with van der Waals surface area (Å²) >= 11 is 0. The molecule has 17 nitrogen and oxygen atoms in total. The SMILES string of the molecule is CCC(C)CCCCCCCCCCCCCCCCCCCCC(=O)O[C@H](COC(=O)CCCCCCCCC(C)CC)COP(=O)(O)OC[C@H](O)COP(=O)(O)OC[C@@H](COC(=O)CCCCCCCCC(C)CC)OC(=O)CCCCCCCCCC(C)C. The zero-order valence-corrected chi connectivity index (χ0v) is 62.0. The lowest BCUT2D eigenvalue weighted by atomic mass is 9.99. The summed E-state index contributed by atoms with van der Waals surface area (Å²) in [6, 6.07) is 0. The third-order valence-corrected chi connectivity index (χ3v) is 19.8. The molecule has 3 N–H and O–H groups in total. The van der Waals surface area contributed by atoms with Crippen molar-refractivity contribution in [3.05, 3.63) is 0 Å². The van der Waals surface area contributed by atoms with E-state index in [4.69, 9.17) is 37.0 Å². The molecule has 0 saturated carbocycles. The first-order valence-corrected chi connectivity index (χ1v) is 40.8. The minimum Gasteiger partial charge on any atom is -0.462 e. The standard InChI is InChI=1S/C73H142O17P2/c1-9-64(6)50-42-34-26-22-20-18-16-14-12-13-15-17-19-21-23-27-39-47-55-72(77)89-68(59-83-70(75)53-45-37-31-29-35-43-51-65(7)10-2)61-87-91(79,80)85-57-67(74)58-86-92(81,82)88-62-69(90-73(78)56-48-40-28-24-25-33-41-49-63(4)5)60-84-71(76)54-46-38-32-30-36-44-52-66(8)11-3/h63-69,74H,9-62H2,1-8H3,(H,79,80)(H,81,82)/t64?,65?,66?,67-,68+,69+/m0/s1. The van der Waals surface area contributed by atoms with Crippen molar-refractivity contribution in [2.45, 2.75) is 382 Å². The summed E-state index contributed by atoms with van der Waals surface area (Å²) in [6.45, 7) is 14.1. The number of phosphoric acid groups is 2. The lowest BCUT2D eigenvalue weighted by Crippen LogP contribution is -2.30. The molecule has 0 amide bonds. The van der Waals surface area contributed by atoms with Gasteiger partial charge in [-0.3, -0.25) is 37.3 Å². The van der Waals surface area contributed by atoms with E-state index in [0.29, 0.717) is 31.6 Å². The summed E-state index contributed by atoms with van der Waals surface area (Å²) in [7, 11) is -9.90. The fraction of sp³-hybridized carbons (Fsp3) is 0.945. The van der Waals surface area contributed by atoms with E-state index in [0.717, 1.165) is 120 Å². The number of aliphatic hydroxyl groups is 1. The van der Waals surface area contributed by atoms with Crippen LogP contribution in [0.3, 0.4) is 0 Å². The van der Waals surface area contributed by atoms with Crippen LogP contribution >= 0.6 is 15.6 Å². The van der Waals surface area contributed by atoms with Crippen molar-refractivity contribution < 1.29 is 80.2 Å². The Bertz CT molecular complexity index is 1820. The van der Waals surface area contributed by atoms with Crippen LogP contribution in [0.5, 0.6) is 0 Å². The Kier molecular flexibility index (Phi) is 61.3. The number of ether oxygens (including phenoxy) is 4. The topological polar surface area (TPSA) is 237 Å². The van der Waals surface area contributed by atoms with Crippen molar-refractivity contribution in [2.75, 3.05) is 39.6 Å². The van der Waals surface area contributed by atoms with Gasteiger partial charge in [-0.1, -0.05) is 312 Å². The molecular weight excluding hydrogens is 1210 g/mol. The van der Waals surface area contributed by atoms with E-state index in [2.05, 4.69) is 55.4 Å². The summed E-state index contributed by atoms with van der Waals surface area (Å²) in [5.41, 5.74) is 0. The average molecular weight is 1350 g/mol. The normalized spacial score (nSPS) is 15.1. The van der Waals surface area contributed by atoms with Crippen LogP contribution in [0.15, 0.2) is 0 Å². The molecule has 0 bridgehead atoms. The van der Waals surface area contributed by atoms with E-state index in [1.165, 1.54) is 154 Å². The van der Waals surface area contributed by atoms with E-state index in [-0.39, 0.29) is 25.7 Å². The molecule has 0 heterocycles. The fourth-order valence-electron chi connectivity index (χ4n) is 10.9. The maximum atomic E-state index is 13.0. The molecule has 0 aromatic carbocycles. The van der Waals surface area contributed by atoms with Crippen LogP contribution in [0.4, 0.5) is 0 Å². The number of unbranched alkanes of at least 4 members (excludes halogenated alkanes) is 33. The van der Waals surface area contributed by atoms with Crippen molar-refractivity contribution in [1.29, 1.82) is 0 Å². The van der Waals surface area contributed by atoms with Gasteiger partial charge in [0.1, 0.15) is 19.3 Å². The number of carbonyl (C=O) groups is 4. The summed E-state index contributed by atoms with van der Waals surface area (Å²) in [6.07, 6.45) is 46.1. The Morgan fingerprint density at radius 1 is 0.304 bits per heavy atom. The van der Waals surface area contributed by atoms with Gasteiger partial charge in [-0.25, -0.2) is 9.13 Å². The van der Waals surface area contributed by atoms with Crippen molar-refractivity contribution >= 4 is 39.5 Å². The molecule has 19 heteroatoms. The molecule has 8 atom stereocenters. The van der Waals surface area contributed by atoms with Gasteiger partial charge in [0.25, 0.3) is 0 Å². The van der Waals surface area contributed by atoms with E-state index in [1.807, 2.05) is 0 Å². The Morgan fingerprint density at radius 3 is 0.772 bits per heavy atom. The van der Waals surface area contributed by atoms with Gasteiger partial charge in [-0.2, -0.15) is 0 Å². The van der Waals surface area contributed by atoms with Crippen LogP contribution in [0, 0.1) is 23.7 Å². The number of phosphoric ester groups is 2. The molecule has 0 fully saturated rings. The van der Waals surface area contributed by atoms with Gasteiger partial charge in [-0.15, -0.1) is 0 Å². The van der Waals surface area contributed by atoms with Gasteiger partial charge >= 0.3 is 39.5 Å². The minimum atomic E-state index is -4.95. The van der Waals surface area contributed by atoms with Crippen molar-refractivity contribution in [3.63, 3.8) is 0 Å². The fourth-order valence-corrected chi connectivity index (χ4v) is 12.5. The largest absolute Gasteiger partial charge is 0.472 e. The van der Waals surface area contributed by atoms with Crippen molar-refractivity contribution in [1.82, 2.24) is 0 Å². The number of rotatable bonds is 70. The highest BCUT2D eigenvalue weighted by Gasteiger charge is 2.30. The predicted molar refractivity (Wildman–Crippen MR) is 372 cm³/mol. The Balaban J connectivity index is 5.15. The highest BCUT2D eigenvalue weighted by molar-refractivity contribution is 7.47. The van der Waals surface area contributed by atoms with Crippen LogP contribution in [-0.2, 0) is 65.4 Å². The lowest BCUT2D eigenvalue weighted by molar-refractivity contribution is -0.161. The summed E-state index contributed by atoms with van der Waals surface area (Å²) < 4.78 is 68.3. The summed E-state index contributed by atoms with van der Waals surface area (Å²) in [4.78, 5) is 72.5. The molecule has 546 valence electrons. The maximum absolute atomic E-state index is 13.0. The Hall–Kier alpha value is -1.94. The molecule has 5 unspecified atom stereocenters. The van der Waals surface area contributed by atoms with Crippen LogP contribution in [-0.4, -0.2) is 96.7 Å². The van der Waals surface area contributed by atoms with E-state index >= 15 is 0 Å². The van der Waals surface area contributed by atoms with Gasteiger partial charge in [0.2, 0.25) is 0 Å². The second-order valence-corrected chi connectivity index (χ2v) is 30.4. The zero-order valence-electron chi connectivity index (χ0n) is 60.2. The van der Waals surface area contributed by atoms with E-state index < -0.39 is 97.5 Å². The van der Waals surface area contributed by atoms with Crippen LogP contribution in [0.25, 0.3) is 0 Å². The van der Waals surface area contributed by atoms with Gasteiger partial charge in [0, 0.05) is 25.7 Å². The average Bonchev–Trinajstić information content (AvgIpc) is 3.22.